The number of benzene rings is 1. The smallest absolute Gasteiger partial charge is 0.308 e. The Morgan fingerprint density at radius 3 is 2.59 bits per heavy atom. The largest absolute Gasteiger partial charge is 0.481 e. The van der Waals surface area contributed by atoms with E-state index in [0.29, 0.717) is 30.1 Å². The van der Waals surface area contributed by atoms with Gasteiger partial charge in [-0.05, 0) is 37.6 Å². The summed E-state index contributed by atoms with van der Waals surface area (Å²) < 4.78 is 7.00. The van der Waals surface area contributed by atoms with Crippen molar-refractivity contribution in [1.82, 2.24) is 14.7 Å². The van der Waals surface area contributed by atoms with E-state index in [-0.39, 0.29) is 11.9 Å². The normalized spacial score (nSPS) is 19.4. The highest BCUT2D eigenvalue weighted by Crippen LogP contribution is 2.28. The van der Waals surface area contributed by atoms with Crippen LogP contribution in [-0.2, 0) is 4.79 Å². The molecule has 0 spiro atoms. The molecule has 2 aromatic heterocycles. The summed E-state index contributed by atoms with van der Waals surface area (Å²) in [5, 5.41) is 13.9. The van der Waals surface area contributed by atoms with Gasteiger partial charge in [-0.3, -0.25) is 9.59 Å². The minimum absolute atomic E-state index is 0.236. The summed E-state index contributed by atoms with van der Waals surface area (Å²) >= 11 is 0. The van der Waals surface area contributed by atoms with Gasteiger partial charge in [-0.15, -0.1) is 0 Å². The molecule has 0 saturated carbocycles. The number of furan rings is 1. The molecule has 0 aliphatic carbocycles. The topological polar surface area (TPSA) is 88.6 Å². The molecule has 1 aliphatic heterocycles. The Labute approximate surface area is 155 Å². The number of amides is 1. The van der Waals surface area contributed by atoms with E-state index in [1.165, 1.54) is 0 Å². The van der Waals surface area contributed by atoms with Crippen molar-refractivity contribution in [3.8, 4) is 17.1 Å². The molecule has 0 bridgehead atoms. The Morgan fingerprint density at radius 1 is 1.19 bits per heavy atom. The zero-order valence-corrected chi connectivity index (χ0v) is 14.8. The van der Waals surface area contributed by atoms with Crippen molar-refractivity contribution in [2.24, 2.45) is 5.92 Å². The Balaban J connectivity index is 1.75. The van der Waals surface area contributed by atoms with Crippen molar-refractivity contribution in [2.45, 2.75) is 19.4 Å². The number of carboxylic acid groups (broad SMARTS) is 1. The molecule has 138 valence electrons. The third kappa shape index (κ3) is 3.01. The molecule has 2 atom stereocenters. The lowest BCUT2D eigenvalue weighted by atomic mass is 10.0. The maximum atomic E-state index is 13.2. The van der Waals surface area contributed by atoms with Crippen molar-refractivity contribution >= 4 is 11.9 Å². The molecule has 0 radical (unpaired) electrons. The monoisotopic (exact) mass is 365 g/mol. The molecular weight excluding hydrogens is 346 g/mol. The molecule has 3 aromatic rings. The highest BCUT2D eigenvalue weighted by atomic mass is 16.4. The van der Waals surface area contributed by atoms with Crippen LogP contribution in [0.15, 0.2) is 59.2 Å². The van der Waals surface area contributed by atoms with E-state index in [1.807, 2.05) is 30.3 Å². The molecular formula is C20H19N3O4. The van der Waals surface area contributed by atoms with Gasteiger partial charge in [0.2, 0.25) is 0 Å². The van der Waals surface area contributed by atoms with Crippen LogP contribution in [0.4, 0.5) is 0 Å². The fraction of sp³-hybridized carbons (Fsp3) is 0.250. The number of carbonyl (C=O) groups excluding carboxylic acids is 1. The predicted octanol–water partition coefficient (Wildman–Crippen LogP) is 3.07. The van der Waals surface area contributed by atoms with Crippen molar-refractivity contribution in [2.75, 3.05) is 6.54 Å². The summed E-state index contributed by atoms with van der Waals surface area (Å²) in [6.45, 7) is 2.19. The maximum absolute atomic E-state index is 13.2. The van der Waals surface area contributed by atoms with Crippen LogP contribution in [0.1, 0.15) is 23.8 Å². The summed E-state index contributed by atoms with van der Waals surface area (Å²) in [5.74, 6) is -1.09. The third-order valence-corrected chi connectivity index (χ3v) is 5.04. The number of para-hydroxylation sites is 1. The van der Waals surface area contributed by atoms with Gasteiger partial charge in [0.1, 0.15) is 11.4 Å². The van der Waals surface area contributed by atoms with Crippen LogP contribution in [0, 0.1) is 5.92 Å². The van der Waals surface area contributed by atoms with Crippen LogP contribution in [0.25, 0.3) is 17.1 Å². The molecule has 1 amide bonds. The maximum Gasteiger partial charge on any atom is 0.308 e. The highest BCUT2D eigenvalue weighted by Gasteiger charge is 2.39. The predicted molar refractivity (Wildman–Crippen MR) is 97.5 cm³/mol. The first-order valence-electron chi connectivity index (χ1n) is 8.79. The second-order valence-corrected chi connectivity index (χ2v) is 6.61. The summed E-state index contributed by atoms with van der Waals surface area (Å²) in [6.07, 6.45) is 2.01. The van der Waals surface area contributed by atoms with Gasteiger partial charge in [0.05, 0.1) is 17.9 Å². The fourth-order valence-electron chi connectivity index (χ4n) is 3.55. The fourth-order valence-corrected chi connectivity index (χ4v) is 3.55. The van der Waals surface area contributed by atoms with Gasteiger partial charge in [0, 0.05) is 18.7 Å². The zero-order valence-electron chi connectivity index (χ0n) is 14.8. The number of rotatable bonds is 4. The molecule has 1 saturated heterocycles. The van der Waals surface area contributed by atoms with E-state index in [9.17, 15) is 14.7 Å². The first kappa shape index (κ1) is 17.1. The van der Waals surface area contributed by atoms with Crippen LogP contribution in [0.5, 0.6) is 0 Å². The van der Waals surface area contributed by atoms with Crippen LogP contribution in [-0.4, -0.2) is 44.3 Å². The SMILES string of the molecule is CC1C(C(=O)O)CCN1C(=O)c1cc(-c2ccco2)nn1-c1ccccc1. The van der Waals surface area contributed by atoms with Gasteiger partial charge in [0.25, 0.3) is 5.91 Å². The summed E-state index contributed by atoms with van der Waals surface area (Å²) in [5.41, 5.74) is 1.68. The van der Waals surface area contributed by atoms with E-state index in [2.05, 4.69) is 5.10 Å². The van der Waals surface area contributed by atoms with Gasteiger partial charge >= 0.3 is 5.97 Å². The van der Waals surface area contributed by atoms with Crippen LogP contribution in [0.3, 0.4) is 0 Å². The molecule has 1 N–H and O–H groups in total. The van der Waals surface area contributed by atoms with E-state index >= 15 is 0 Å². The minimum atomic E-state index is -0.870. The van der Waals surface area contributed by atoms with Crippen molar-refractivity contribution in [3.63, 3.8) is 0 Å². The lowest BCUT2D eigenvalue weighted by Gasteiger charge is -2.23. The molecule has 3 heterocycles. The molecule has 1 aliphatic rings. The number of carboxylic acids is 1. The van der Waals surface area contributed by atoms with E-state index in [4.69, 9.17) is 4.42 Å². The second kappa shape index (κ2) is 6.75. The molecule has 27 heavy (non-hydrogen) atoms. The van der Waals surface area contributed by atoms with Gasteiger partial charge in [-0.25, -0.2) is 4.68 Å². The second-order valence-electron chi connectivity index (χ2n) is 6.61. The third-order valence-electron chi connectivity index (χ3n) is 5.04. The average Bonchev–Trinajstić information content (AvgIpc) is 3.40. The molecule has 1 aromatic carbocycles. The van der Waals surface area contributed by atoms with Gasteiger partial charge < -0.3 is 14.4 Å². The van der Waals surface area contributed by atoms with Crippen molar-refractivity contribution in [1.29, 1.82) is 0 Å². The first-order chi connectivity index (χ1) is 13.1. The standard InChI is InChI=1S/C20H19N3O4/c1-13-15(20(25)26)9-10-22(13)19(24)17-12-16(18-8-5-11-27-18)21-23(17)14-6-3-2-4-7-14/h2-8,11-13,15H,9-10H2,1H3,(H,25,26). The zero-order chi connectivity index (χ0) is 19.0. The van der Waals surface area contributed by atoms with E-state index in [0.717, 1.165) is 5.69 Å². The highest BCUT2D eigenvalue weighted by molar-refractivity contribution is 5.95. The Morgan fingerprint density at radius 2 is 1.96 bits per heavy atom. The van der Waals surface area contributed by atoms with Gasteiger partial charge in [0.15, 0.2) is 5.76 Å². The van der Waals surface area contributed by atoms with Gasteiger partial charge in [-0.1, -0.05) is 18.2 Å². The number of aromatic nitrogens is 2. The van der Waals surface area contributed by atoms with Crippen molar-refractivity contribution < 1.29 is 19.1 Å². The van der Waals surface area contributed by atoms with Crippen molar-refractivity contribution in [3.05, 3.63) is 60.5 Å². The van der Waals surface area contributed by atoms with E-state index in [1.54, 1.807) is 41.0 Å². The number of likely N-dealkylation sites (tertiary alicyclic amines) is 1. The number of nitrogens with zero attached hydrogens (tertiary/aromatic N) is 3. The molecule has 1 fully saturated rings. The number of hydrogen-bond acceptors (Lipinski definition) is 4. The molecule has 7 nitrogen and oxygen atoms in total. The molecule has 2 unspecified atom stereocenters. The summed E-state index contributed by atoms with van der Waals surface area (Å²) in [7, 11) is 0. The summed E-state index contributed by atoms with van der Waals surface area (Å²) in [4.78, 5) is 26.3. The Hall–Kier alpha value is -3.35. The van der Waals surface area contributed by atoms with Crippen LogP contribution >= 0.6 is 0 Å². The first-order valence-corrected chi connectivity index (χ1v) is 8.79. The quantitative estimate of drug-likeness (QED) is 0.768. The Bertz CT molecular complexity index is 963. The minimum Gasteiger partial charge on any atom is -0.481 e. The molecule has 7 heteroatoms. The van der Waals surface area contributed by atoms with Crippen LogP contribution in [0.2, 0.25) is 0 Å². The van der Waals surface area contributed by atoms with Gasteiger partial charge in [-0.2, -0.15) is 5.10 Å². The molecule has 4 rings (SSSR count). The van der Waals surface area contributed by atoms with Crippen LogP contribution < -0.4 is 0 Å². The average molecular weight is 365 g/mol. The summed E-state index contributed by atoms with van der Waals surface area (Å²) in [6, 6.07) is 14.2. The number of aliphatic carboxylic acids is 1. The lowest BCUT2D eigenvalue weighted by molar-refractivity contribution is -0.142. The number of hydrogen-bond donors (Lipinski definition) is 1. The van der Waals surface area contributed by atoms with E-state index < -0.39 is 11.9 Å². The lowest BCUT2D eigenvalue weighted by Crippen LogP contribution is -2.38. The number of carbonyl (C=O) groups is 2. The Kier molecular flexibility index (Phi) is 4.27.